The number of carbonyl (C=O) groups excluding carboxylic acids is 2. The quantitative estimate of drug-likeness (QED) is 0.761. The molecule has 0 fully saturated rings. The number of thioether (sulfide) groups is 1. The first kappa shape index (κ1) is 19.3. The lowest BCUT2D eigenvalue weighted by Crippen LogP contribution is -2.34. The highest BCUT2D eigenvalue weighted by Gasteiger charge is 2.28. The lowest BCUT2D eigenvalue weighted by atomic mass is 10.2. The van der Waals surface area contributed by atoms with E-state index in [1.54, 1.807) is 0 Å². The Morgan fingerprint density at radius 2 is 1.93 bits per heavy atom. The van der Waals surface area contributed by atoms with E-state index in [0.717, 1.165) is 21.9 Å². The van der Waals surface area contributed by atoms with Gasteiger partial charge in [-0.3, -0.25) is 9.59 Å². The molecule has 2 N–H and O–H groups in total. The molecule has 0 aliphatic carbocycles. The van der Waals surface area contributed by atoms with Crippen LogP contribution in [0.3, 0.4) is 0 Å². The van der Waals surface area contributed by atoms with Gasteiger partial charge in [-0.2, -0.15) is 0 Å². The molecule has 0 aromatic heterocycles. The first-order valence-electron chi connectivity index (χ1n) is 9.06. The van der Waals surface area contributed by atoms with Crippen LogP contribution >= 0.6 is 11.8 Å². The molecule has 1 aliphatic rings. The Balaban J connectivity index is 1.48. The van der Waals surface area contributed by atoms with E-state index in [4.69, 9.17) is 4.74 Å². The molecule has 0 radical (unpaired) electrons. The molecule has 0 bridgehead atoms. The van der Waals surface area contributed by atoms with Crippen LogP contribution in [0.4, 0.5) is 5.69 Å². The molecule has 0 saturated heterocycles. The number of anilines is 1. The molecular formula is C21H24N2O3S. The minimum absolute atomic E-state index is 0.125. The highest BCUT2D eigenvalue weighted by atomic mass is 32.2. The summed E-state index contributed by atoms with van der Waals surface area (Å²) in [7, 11) is 0. The smallest absolute Gasteiger partial charge is 0.238 e. The number of para-hydroxylation sites is 1. The topological polar surface area (TPSA) is 67.4 Å². The Morgan fingerprint density at radius 3 is 2.67 bits per heavy atom. The van der Waals surface area contributed by atoms with Crippen molar-refractivity contribution in [2.75, 3.05) is 11.9 Å². The lowest BCUT2D eigenvalue weighted by Gasteiger charge is -2.23. The molecule has 0 spiro atoms. The fourth-order valence-corrected chi connectivity index (χ4v) is 3.75. The standard InChI is InChI=1S/C21H24N2O3S/c1-14(2)13-26-16-9-7-15(8-10-16)12-22-20(24)11-19-21(25)23-17-5-3-4-6-18(17)27-19/h3-10,14,19H,11-13H2,1-2H3,(H,22,24)(H,23,25). The summed E-state index contributed by atoms with van der Waals surface area (Å²) in [5.41, 5.74) is 1.80. The summed E-state index contributed by atoms with van der Waals surface area (Å²) in [6.07, 6.45) is 0.153. The Morgan fingerprint density at radius 1 is 1.19 bits per heavy atom. The van der Waals surface area contributed by atoms with Crippen molar-refractivity contribution in [3.63, 3.8) is 0 Å². The molecule has 1 atom stereocenters. The van der Waals surface area contributed by atoms with Gasteiger partial charge in [0.1, 0.15) is 5.75 Å². The van der Waals surface area contributed by atoms with Crippen LogP contribution in [0, 0.1) is 5.92 Å². The van der Waals surface area contributed by atoms with Gasteiger partial charge in [0.15, 0.2) is 0 Å². The van der Waals surface area contributed by atoms with Crippen molar-refractivity contribution in [1.29, 1.82) is 0 Å². The molecule has 1 heterocycles. The number of carbonyl (C=O) groups is 2. The van der Waals surface area contributed by atoms with Gasteiger partial charge in [-0.05, 0) is 35.7 Å². The van der Waals surface area contributed by atoms with E-state index in [1.165, 1.54) is 11.8 Å². The maximum absolute atomic E-state index is 12.3. The zero-order valence-electron chi connectivity index (χ0n) is 15.5. The molecule has 27 heavy (non-hydrogen) atoms. The normalized spacial score (nSPS) is 15.8. The van der Waals surface area contributed by atoms with Crippen molar-refractivity contribution in [3.05, 3.63) is 54.1 Å². The highest BCUT2D eigenvalue weighted by Crippen LogP contribution is 2.36. The number of ether oxygens (including phenoxy) is 1. The molecule has 5 nitrogen and oxygen atoms in total. The molecule has 3 rings (SSSR count). The summed E-state index contributed by atoms with van der Waals surface area (Å²) in [5, 5.41) is 5.34. The molecule has 6 heteroatoms. The Bertz CT molecular complexity index is 805. The van der Waals surface area contributed by atoms with Crippen LogP contribution in [0.1, 0.15) is 25.8 Å². The largest absolute Gasteiger partial charge is 0.493 e. The Kier molecular flexibility index (Phi) is 6.40. The maximum atomic E-state index is 12.3. The predicted octanol–water partition coefficient (Wildman–Crippen LogP) is 3.84. The van der Waals surface area contributed by atoms with Gasteiger partial charge in [0.25, 0.3) is 0 Å². The fourth-order valence-electron chi connectivity index (χ4n) is 2.63. The van der Waals surface area contributed by atoms with Crippen molar-refractivity contribution < 1.29 is 14.3 Å². The van der Waals surface area contributed by atoms with E-state index in [9.17, 15) is 9.59 Å². The van der Waals surface area contributed by atoms with Crippen molar-refractivity contribution in [2.45, 2.75) is 37.0 Å². The average Bonchev–Trinajstić information content (AvgIpc) is 2.66. The van der Waals surface area contributed by atoms with Gasteiger partial charge in [-0.1, -0.05) is 38.1 Å². The monoisotopic (exact) mass is 384 g/mol. The summed E-state index contributed by atoms with van der Waals surface area (Å²) < 4.78 is 5.65. The zero-order valence-corrected chi connectivity index (χ0v) is 16.3. The summed E-state index contributed by atoms with van der Waals surface area (Å²) in [5.74, 6) is 1.04. The number of fused-ring (bicyclic) bond motifs is 1. The van der Waals surface area contributed by atoms with Gasteiger partial charge >= 0.3 is 0 Å². The second-order valence-electron chi connectivity index (χ2n) is 6.92. The second kappa shape index (κ2) is 8.95. The lowest BCUT2D eigenvalue weighted by molar-refractivity contribution is -0.124. The van der Waals surface area contributed by atoms with E-state index in [1.807, 2.05) is 48.5 Å². The number of rotatable bonds is 7. The maximum Gasteiger partial charge on any atom is 0.238 e. The van der Waals surface area contributed by atoms with E-state index in [2.05, 4.69) is 24.5 Å². The number of amides is 2. The van der Waals surface area contributed by atoms with Crippen LogP contribution in [0.5, 0.6) is 5.75 Å². The van der Waals surface area contributed by atoms with Gasteiger partial charge in [-0.15, -0.1) is 11.8 Å². The number of nitrogens with one attached hydrogen (secondary N) is 2. The third kappa shape index (κ3) is 5.50. The number of hydrogen-bond donors (Lipinski definition) is 2. The van der Waals surface area contributed by atoms with Crippen molar-refractivity contribution in [3.8, 4) is 5.75 Å². The SMILES string of the molecule is CC(C)COc1ccc(CNC(=O)CC2Sc3ccccc3NC2=O)cc1. The number of benzene rings is 2. The minimum atomic E-state index is -0.410. The van der Waals surface area contributed by atoms with Crippen LogP contribution in [0.15, 0.2) is 53.4 Å². The van der Waals surface area contributed by atoms with Crippen molar-refractivity contribution in [2.24, 2.45) is 5.92 Å². The van der Waals surface area contributed by atoms with Crippen LogP contribution in [0.2, 0.25) is 0 Å². The van der Waals surface area contributed by atoms with Gasteiger partial charge in [0, 0.05) is 17.9 Å². The summed E-state index contributed by atoms with van der Waals surface area (Å²) >= 11 is 1.44. The highest BCUT2D eigenvalue weighted by molar-refractivity contribution is 8.01. The molecule has 2 aromatic rings. The molecule has 2 aromatic carbocycles. The number of hydrogen-bond acceptors (Lipinski definition) is 4. The van der Waals surface area contributed by atoms with E-state index < -0.39 is 5.25 Å². The van der Waals surface area contributed by atoms with Gasteiger partial charge in [0.2, 0.25) is 11.8 Å². The molecule has 1 unspecified atom stereocenters. The van der Waals surface area contributed by atoms with E-state index >= 15 is 0 Å². The van der Waals surface area contributed by atoms with Crippen LogP contribution < -0.4 is 15.4 Å². The average molecular weight is 385 g/mol. The fraction of sp³-hybridized carbons (Fsp3) is 0.333. The molecule has 2 amide bonds. The third-order valence-corrected chi connectivity index (χ3v) is 5.35. The van der Waals surface area contributed by atoms with Gasteiger partial charge < -0.3 is 15.4 Å². The molecule has 0 saturated carbocycles. The molecular weight excluding hydrogens is 360 g/mol. The molecule has 1 aliphatic heterocycles. The van der Waals surface area contributed by atoms with Gasteiger partial charge in [0.05, 0.1) is 17.5 Å². The van der Waals surface area contributed by atoms with E-state index in [0.29, 0.717) is 19.1 Å². The summed E-state index contributed by atoms with van der Waals surface area (Å²) in [4.78, 5) is 25.4. The Labute approximate surface area is 163 Å². The van der Waals surface area contributed by atoms with Crippen LogP contribution in [0.25, 0.3) is 0 Å². The third-order valence-electron chi connectivity index (χ3n) is 4.07. The van der Waals surface area contributed by atoms with E-state index in [-0.39, 0.29) is 18.2 Å². The minimum Gasteiger partial charge on any atom is -0.493 e. The predicted molar refractivity (Wildman–Crippen MR) is 108 cm³/mol. The van der Waals surface area contributed by atoms with Gasteiger partial charge in [-0.25, -0.2) is 0 Å². The van der Waals surface area contributed by atoms with Crippen molar-refractivity contribution >= 4 is 29.3 Å². The second-order valence-corrected chi connectivity index (χ2v) is 8.17. The first-order valence-corrected chi connectivity index (χ1v) is 9.94. The summed E-state index contributed by atoms with van der Waals surface area (Å²) in [6, 6.07) is 15.3. The molecule has 142 valence electrons. The Hall–Kier alpha value is -2.47. The van der Waals surface area contributed by atoms with Crippen LogP contribution in [-0.2, 0) is 16.1 Å². The summed E-state index contributed by atoms with van der Waals surface area (Å²) in [6.45, 7) is 5.32. The zero-order chi connectivity index (χ0) is 19.2. The first-order chi connectivity index (χ1) is 13.0. The van der Waals surface area contributed by atoms with Crippen LogP contribution in [-0.4, -0.2) is 23.7 Å². The van der Waals surface area contributed by atoms with Crippen molar-refractivity contribution in [1.82, 2.24) is 5.32 Å².